The van der Waals surface area contributed by atoms with Crippen LogP contribution in [0, 0.1) is 28.1 Å². The summed E-state index contributed by atoms with van der Waals surface area (Å²) in [5.41, 5.74) is 6.70. The first-order chi connectivity index (χ1) is 24.0. The molecule has 0 radical (unpaired) electrons. The van der Waals surface area contributed by atoms with Crippen LogP contribution in [0.25, 0.3) is 0 Å². The second kappa shape index (κ2) is 13.7. The maximum atomic E-state index is 2.66. The SMILES string of the molecule is CC(C)(C1CCC(C(C)(C)c2ccccc2)(C(C)(C)c2ccccc2)CC1)C1CCC(C(C)(C)c2ccccc2)(C(C)(C)c2ccccc2)CC1. The van der Waals surface area contributed by atoms with E-state index >= 15 is 0 Å². The highest BCUT2D eigenvalue weighted by molar-refractivity contribution is 5.37. The molecule has 0 spiro atoms. The Kier molecular flexibility index (Phi) is 10.1. The lowest BCUT2D eigenvalue weighted by Gasteiger charge is -2.63. The Morgan fingerprint density at radius 1 is 0.333 bits per heavy atom. The molecule has 0 N–H and O–H groups in total. The Hall–Kier alpha value is -3.12. The van der Waals surface area contributed by atoms with Gasteiger partial charge in [0.2, 0.25) is 0 Å². The second-order valence-electron chi connectivity index (χ2n) is 19.5. The Labute approximate surface area is 312 Å². The van der Waals surface area contributed by atoms with Gasteiger partial charge in [0.1, 0.15) is 0 Å². The van der Waals surface area contributed by atoms with E-state index < -0.39 is 0 Å². The minimum atomic E-state index is 0.0409. The van der Waals surface area contributed by atoms with Crippen LogP contribution < -0.4 is 0 Å². The third-order valence-electron chi connectivity index (χ3n) is 16.6. The zero-order chi connectivity index (χ0) is 36.8. The zero-order valence-electron chi connectivity index (χ0n) is 33.9. The highest BCUT2D eigenvalue weighted by Gasteiger charge is 2.60. The van der Waals surface area contributed by atoms with Crippen LogP contribution in [0.1, 0.15) is 143 Å². The van der Waals surface area contributed by atoms with E-state index in [0.29, 0.717) is 5.41 Å². The first-order valence-electron chi connectivity index (χ1n) is 20.3. The quantitative estimate of drug-likeness (QED) is 0.156. The summed E-state index contributed by atoms with van der Waals surface area (Å²) < 4.78 is 0. The van der Waals surface area contributed by atoms with E-state index in [4.69, 9.17) is 0 Å². The molecule has 0 unspecified atom stereocenters. The van der Waals surface area contributed by atoms with Crippen molar-refractivity contribution in [3.05, 3.63) is 144 Å². The van der Waals surface area contributed by atoms with Gasteiger partial charge in [-0.1, -0.05) is 191 Å². The molecule has 0 atom stereocenters. The van der Waals surface area contributed by atoms with Crippen LogP contribution in [0.5, 0.6) is 0 Å². The number of hydrogen-bond acceptors (Lipinski definition) is 0. The molecule has 0 aromatic heterocycles. The highest BCUT2D eigenvalue weighted by atomic mass is 14.6. The average molecular weight is 681 g/mol. The molecule has 0 bridgehead atoms. The van der Waals surface area contributed by atoms with Gasteiger partial charge in [-0.2, -0.15) is 0 Å². The van der Waals surface area contributed by atoms with Crippen molar-refractivity contribution in [2.45, 2.75) is 142 Å². The number of hydrogen-bond donors (Lipinski definition) is 0. The Bertz CT molecular complexity index is 1450. The summed E-state index contributed by atoms with van der Waals surface area (Å²) in [6.07, 6.45) is 10.3. The molecule has 2 aliphatic carbocycles. The lowest BCUT2D eigenvalue weighted by Crippen LogP contribution is -2.57. The van der Waals surface area contributed by atoms with Crippen molar-refractivity contribution in [2.24, 2.45) is 28.1 Å². The summed E-state index contributed by atoms with van der Waals surface area (Å²) in [4.78, 5) is 0. The molecule has 2 fully saturated rings. The molecule has 2 saturated carbocycles. The summed E-state index contributed by atoms with van der Waals surface area (Å²) in [6, 6.07) is 45.8. The summed E-state index contributed by atoms with van der Waals surface area (Å²) in [7, 11) is 0. The predicted molar refractivity (Wildman–Crippen MR) is 220 cm³/mol. The van der Waals surface area contributed by atoms with Crippen LogP contribution >= 0.6 is 0 Å². The van der Waals surface area contributed by atoms with Crippen molar-refractivity contribution in [1.82, 2.24) is 0 Å². The average Bonchev–Trinajstić information content (AvgIpc) is 3.16. The van der Waals surface area contributed by atoms with Gasteiger partial charge in [-0.25, -0.2) is 0 Å². The summed E-state index contributed by atoms with van der Waals surface area (Å²) >= 11 is 0. The van der Waals surface area contributed by atoms with Gasteiger partial charge >= 0.3 is 0 Å². The molecular formula is C51H68. The van der Waals surface area contributed by atoms with E-state index in [-0.39, 0.29) is 32.5 Å². The van der Waals surface area contributed by atoms with Gasteiger partial charge in [-0.05, 0) is 123 Å². The van der Waals surface area contributed by atoms with Crippen LogP contribution in [0.4, 0.5) is 0 Å². The standard InChI is InChI=1S/C51H68/c1-45(2,39-31-35-50(36-32-39,46(3,4)41-23-15-11-16-24-41)47(5,6)42-25-17-12-18-26-42)40-33-37-51(38-34-40,48(7,8)43-27-19-13-20-28-43)49(9,10)44-29-21-14-22-30-44/h11-30,39-40H,31-38H2,1-10H3. The molecule has 272 valence electrons. The van der Waals surface area contributed by atoms with Gasteiger partial charge < -0.3 is 0 Å². The third-order valence-corrected chi connectivity index (χ3v) is 16.6. The fraction of sp³-hybridized carbons (Fsp3) is 0.529. The van der Waals surface area contributed by atoms with Crippen molar-refractivity contribution < 1.29 is 0 Å². The fourth-order valence-corrected chi connectivity index (χ4v) is 12.6. The van der Waals surface area contributed by atoms with Crippen LogP contribution in [0.2, 0.25) is 0 Å². The molecule has 0 nitrogen and oxygen atoms in total. The maximum absolute atomic E-state index is 2.66. The van der Waals surface area contributed by atoms with Crippen molar-refractivity contribution in [2.75, 3.05) is 0 Å². The fourth-order valence-electron chi connectivity index (χ4n) is 12.6. The molecule has 4 aromatic rings. The zero-order valence-corrected chi connectivity index (χ0v) is 33.9. The van der Waals surface area contributed by atoms with Gasteiger partial charge in [-0.15, -0.1) is 0 Å². The van der Waals surface area contributed by atoms with E-state index in [1.165, 1.54) is 73.6 Å². The Balaban J connectivity index is 1.29. The van der Waals surface area contributed by atoms with Crippen molar-refractivity contribution >= 4 is 0 Å². The molecule has 0 amide bonds. The van der Waals surface area contributed by atoms with Gasteiger partial charge in [0.05, 0.1) is 0 Å². The monoisotopic (exact) mass is 681 g/mol. The minimum absolute atomic E-state index is 0.0409. The summed E-state index contributed by atoms with van der Waals surface area (Å²) in [6.45, 7) is 25.8. The molecule has 0 saturated heterocycles. The minimum Gasteiger partial charge on any atom is -0.0622 e. The van der Waals surface area contributed by atoms with Crippen LogP contribution in [0.15, 0.2) is 121 Å². The van der Waals surface area contributed by atoms with E-state index in [9.17, 15) is 0 Å². The third kappa shape index (κ3) is 6.05. The van der Waals surface area contributed by atoms with Gasteiger partial charge in [-0.3, -0.25) is 0 Å². The molecule has 6 rings (SSSR count). The predicted octanol–water partition coefficient (Wildman–Crippen LogP) is 14.3. The normalized spacial score (nSPS) is 19.5. The van der Waals surface area contributed by atoms with E-state index in [2.05, 4.69) is 191 Å². The van der Waals surface area contributed by atoms with Crippen molar-refractivity contribution in [1.29, 1.82) is 0 Å². The first-order valence-corrected chi connectivity index (χ1v) is 20.3. The topological polar surface area (TPSA) is 0 Å². The first kappa shape index (κ1) is 37.6. The van der Waals surface area contributed by atoms with E-state index in [0.717, 1.165) is 11.8 Å². The van der Waals surface area contributed by atoms with E-state index in [1.54, 1.807) is 0 Å². The Morgan fingerprint density at radius 2 is 0.529 bits per heavy atom. The lowest BCUT2D eigenvalue weighted by atomic mass is 9.41. The number of rotatable bonds is 10. The highest BCUT2D eigenvalue weighted by Crippen LogP contribution is 2.67. The molecule has 2 aliphatic rings. The van der Waals surface area contributed by atoms with Crippen LogP contribution in [0.3, 0.4) is 0 Å². The molecule has 0 heterocycles. The molecule has 0 heteroatoms. The van der Waals surface area contributed by atoms with E-state index in [1.807, 2.05) is 0 Å². The van der Waals surface area contributed by atoms with Gasteiger partial charge in [0, 0.05) is 0 Å². The second-order valence-corrected chi connectivity index (χ2v) is 19.5. The lowest BCUT2D eigenvalue weighted by molar-refractivity contribution is -0.0677. The van der Waals surface area contributed by atoms with Gasteiger partial charge in [0.15, 0.2) is 0 Å². The summed E-state index contributed by atoms with van der Waals surface area (Å²) in [5.74, 6) is 1.48. The summed E-state index contributed by atoms with van der Waals surface area (Å²) in [5, 5.41) is 0. The molecule has 0 aliphatic heterocycles. The number of benzene rings is 4. The van der Waals surface area contributed by atoms with Crippen molar-refractivity contribution in [3.8, 4) is 0 Å². The molecule has 4 aromatic carbocycles. The van der Waals surface area contributed by atoms with Gasteiger partial charge in [0.25, 0.3) is 0 Å². The van der Waals surface area contributed by atoms with Crippen molar-refractivity contribution in [3.63, 3.8) is 0 Å². The largest absolute Gasteiger partial charge is 0.0622 e. The molecule has 51 heavy (non-hydrogen) atoms. The van der Waals surface area contributed by atoms with Crippen LogP contribution in [-0.4, -0.2) is 0 Å². The Morgan fingerprint density at radius 3 is 0.725 bits per heavy atom. The molecular weight excluding hydrogens is 613 g/mol. The maximum Gasteiger partial charge on any atom is -0.00389 e. The van der Waals surface area contributed by atoms with Crippen LogP contribution in [-0.2, 0) is 21.7 Å². The smallest absolute Gasteiger partial charge is 0.00389 e.